The van der Waals surface area contributed by atoms with Gasteiger partial charge in [-0.05, 0) is 65.6 Å². The number of terminal acetylenes is 1. The van der Waals surface area contributed by atoms with Crippen molar-refractivity contribution in [3.8, 4) is 71.5 Å². The second-order valence-corrected chi connectivity index (χ2v) is 15.1. The average Bonchev–Trinajstić information content (AvgIpc) is 3.14. The van der Waals surface area contributed by atoms with Crippen molar-refractivity contribution in [1.29, 1.82) is 0 Å². The smallest absolute Gasteiger partial charge is 0.456 e. The van der Waals surface area contributed by atoms with E-state index in [1.165, 1.54) is 44.9 Å². The lowest BCUT2D eigenvalue weighted by Crippen LogP contribution is -2.64. The first-order chi connectivity index (χ1) is 26.6. The minimum atomic E-state index is -5.34. The summed E-state index contributed by atoms with van der Waals surface area (Å²) >= 11 is 0. The van der Waals surface area contributed by atoms with Gasteiger partial charge in [0.2, 0.25) is 0 Å². The second kappa shape index (κ2) is 28.7. The zero-order valence-corrected chi connectivity index (χ0v) is 32.9. The van der Waals surface area contributed by atoms with Gasteiger partial charge < -0.3 is 44.6 Å². The van der Waals surface area contributed by atoms with Crippen LogP contribution in [0.25, 0.3) is 0 Å². The molecule has 18 heteroatoms. The summed E-state index contributed by atoms with van der Waals surface area (Å²) in [5.41, 5.74) is 0. The van der Waals surface area contributed by atoms with Crippen molar-refractivity contribution in [2.24, 2.45) is 0 Å². The molecule has 0 aromatic rings. The maximum Gasteiger partial charge on any atom is 0.472 e. The van der Waals surface area contributed by atoms with E-state index in [1.54, 1.807) is 0 Å². The molecule has 1 aliphatic rings. The van der Waals surface area contributed by atoms with E-state index >= 15 is 0 Å². The van der Waals surface area contributed by atoms with E-state index in [0.717, 1.165) is 32.1 Å². The van der Waals surface area contributed by atoms with Crippen molar-refractivity contribution >= 4 is 27.6 Å². The number of esters is 2. The number of aliphatic hydroxyl groups is 4. The Morgan fingerprint density at radius 2 is 1.05 bits per heavy atom. The van der Waals surface area contributed by atoms with E-state index in [1.807, 2.05) is 5.92 Å². The van der Waals surface area contributed by atoms with Gasteiger partial charge in [-0.3, -0.25) is 18.4 Å². The molecule has 0 heterocycles. The molecular weight excluding hydrogens is 774 g/mol. The Morgan fingerprint density at radius 1 is 0.625 bits per heavy atom. The Balaban J connectivity index is 2.79. The second-order valence-electron chi connectivity index (χ2n) is 12.5. The van der Waals surface area contributed by atoms with Crippen LogP contribution in [-0.2, 0) is 41.8 Å². The van der Waals surface area contributed by atoms with Crippen LogP contribution in [0.4, 0.5) is 0 Å². The molecule has 7 N–H and O–H groups in total. The van der Waals surface area contributed by atoms with Gasteiger partial charge in [0.05, 0.1) is 6.61 Å². The Labute approximate surface area is 328 Å². The zero-order chi connectivity index (χ0) is 41.8. The number of unbranched alkanes of at least 4 members (excludes halogenated alkanes) is 12. The number of hydrogen-bond acceptors (Lipinski definition) is 13. The standard InChI is InChI=1S/C38H50O16P2/c1-3-5-7-9-11-13-15-16-17-19-21-23-25-27-32(40)52-30(28-50-31(39)26-24-22-20-18-14-12-10-8-6-4-2)29-51-56(48,49)54-38-35(43)33(41)37(34(42)36(38)44)53-55(45,46)47/h2,30,33-38,41-44H,3,5,7,9,11,13,15-17,19,21,23,25,27-29H2,1H3,(H,48,49)(H2,45,46,47)/t30-,33-,34+,35?,36-,37?,38?/m1/s1. The first kappa shape index (κ1) is 50.4. The number of rotatable bonds is 24. The van der Waals surface area contributed by atoms with Gasteiger partial charge in [-0.25, -0.2) is 13.9 Å². The monoisotopic (exact) mass is 824 g/mol. The Kier molecular flexibility index (Phi) is 25.8. The molecule has 0 bridgehead atoms. The first-order valence-electron chi connectivity index (χ1n) is 18.1. The van der Waals surface area contributed by atoms with Gasteiger partial charge in [0.15, 0.2) is 6.10 Å². The van der Waals surface area contributed by atoms with Crippen LogP contribution in [0.3, 0.4) is 0 Å². The normalized spacial score (nSPS) is 21.5. The molecule has 16 nitrogen and oxygen atoms in total. The van der Waals surface area contributed by atoms with Crippen molar-refractivity contribution in [2.45, 2.75) is 140 Å². The third kappa shape index (κ3) is 23.4. The van der Waals surface area contributed by atoms with Crippen molar-refractivity contribution in [3.63, 3.8) is 0 Å². The zero-order valence-electron chi connectivity index (χ0n) is 31.1. The van der Waals surface area contributed by atoms with Crippen LogP contribution < -0.4 is 0 Å². The van der Waals surface area contributed by atoms with Crippen molar-refractivity contribution in [1.82, 2.24) is 0 Å². The number of aliphatic hydroxyl groups excluding tert-OH is 4. The molecule has 0 radical (unpaired) electrons. The molecular formula is C38H50O16P2. The van der Waals surface area contributed by atoms with Crippen LogP contribution in [0.15, 0.2) is 0 Å². The van der Waals surface area contributed by atoms with Gasteiger partial charge in [-0.15, -0.1) is 6.42 Å². The van der Waals surface area contributed by atoms with Crippen molar-refractivity contribution in [2.75, 3.05) is 13.2 Å². The highest BCUT2D eigenvalue weighted by molar-refractivity contribution is 7.47. The van der Waals surface area contributed by atoms with Gasteiger partial charge in [-0.1, -0.05) is 84.0 Å². The average molecular weight is 825 g/mol. The van der Waals surface area contributed by atoms with E-state index in [4.69, 9.17) is 34.7 Å². The molecule has 56 heavy (non-hydrogen) atoms. The summed E-state index contributed by atoms with van der Waals surface area (Å²) in [7, 11) is -10.7. The van der Waals surface area contributed by atoms with Crippen molar-refractivity contribution < 1.29 is 76.9 Å². The number of carbonyl (C=O) groups is 2. The third-order valence-corrected chi connectivity index (χ3v) is 9.41. The van der Waals surface area contributed by atoms with Crippen LogP contribution in [-0.4, -0.2) is 103 Å². The number of phosphoric ester groups is 2. The molecule has 0 aromatic heterocycles. The van der Waals surface area contributed by atoms with Crippen LogP contribution in [0, 0.1) is 71.5 Å². The van der Waals surface area contributed by atoms with Gasteiger partial charge >= 0.3 is 27.6 Å². The summed E-state index contributed by atoms with van der Waals surface area (Å²) < 4.78 is 48.1. The van der Waals surface area contributed by atoms with E-state index in [-0.39, 0.29) is 6.42 Å². The van der Waals surface area contributed by atoms with E-state index in [2.05, 4.69) is 70.7 Å². The summed E-state index contributed by atoms with van der Waals surface area (Å²) in [5, 5.41) is 41.1. The molecule has 0 spiro atoms. The summed E-state index contributed by atoms with van der Waals surface area (Å²) in [4.78, 5) is 53.2. The summed E-state index contributed by atoms with van der Waals surface area (Å²) in [5.74, 6) is 23.1. The fourth-order valence-corrected chi connectivity index (χ4v) is 6.68. The highest BCUT2D eigenvalue weighted by Gasteiger charge is 2.54. The van der Waals surface area contributed by atoms with Gasteiger partial charge in [-0.2, -0.15) is 0 Å². The maximum absolute atomic E-state index is 12.8. The van der Waals surface area contributed by atoms with E-state index < -0.39 is 83.5 Å². The topological polar surface area (TPSA) is 256 Å². The Bertz CT molecular complexity index is 1680. The Hall–Kier alpha value is -3.64. The third-order valence-electron chi connectivity index (χ3n) is 7.90. The van der Waals surface area contributed by atoms with Crippen LogP contribution in [0.5, 0.6) is 0 Å². The number of phosphoric acid groups is 2. The fraction of sp³-hybridized carbons (Fsp3) is 0.632. The number of hydrogen-bond donors (Lipinski definition) is 7. The molecule has 1 rings (SSSR count). The molecule has 0 amide bonds. The highest BCUT2D eigenvalue weighted by atomic mass is 31.2. The minimum absolute atomic E-state index is 0.0269. The summed E-state index contributed by atoms with van der Waals surface area (Å²) in [6, 6.07) is 0. The molecule has 0 aliphatic heterocycles. The molecule has 0 saturated heterocycles. The van der Waals surface area contributed by atoms with Gasteiger partial charge in [0, 0.05) is 12.3 Å². The van der Waals surface area contributed by atoms with E-state index in [0.29, 0.717) is 6.42 Å². The molecule has 4 unspecified atom stereocenters. The summed E-state index contributed by atoms with van der Waals surface area (Å²) in [6.45, 7) is 0.543. The first-order valence-corrected chi connectivity index (χ1v) is 21.1. The van der Waals surface area contributed by atoms with E-state index in [9.17, 15) is 44.0 Å². The van der Waals surface area contributed by atoms with Gasteiger partial charge in [0.1, 0.15) is 43.2 Å². The molecule has 0 aromatic carbocycles. The quantitative estimate of drug-likeness (QED) is 0.0242. The Morgan fingerprint density at radius 3 is 1.52 bits per heavy atom. The predicted octanol–water partition coefficient (Wildman–Crippen LogP) is 2.01. The maximum atomic E-state index is 12.8. The van der Waals surface area contributed by atoms with Crippen LogP contribution in [0.2, 0.25) is 0 Å². The lowest BCUT2D eigenvalue weighted by molar-refractivity contribution is -0.216. The molecule has 1 aliphatic carbocycles. The highest BCUT2D eigenvalue weighted by Crippen LogP contribution is 2.48. The van der Waals surface area contributed by atoms with Crippen molar-refractivity contribution in [3.05, 3.63) is 0 Å². The SMILES string of the molecule is C#CC#CC#CC#CC#CC#CC(=O)OC[C@H](COP(=O)(O)OC1C(O)[C@@H](O)C(OP(=O)(O)O)[C@@H](O)[C@H]1O)OC(=O)CCCCCCCCCCCCCCC. The molecule has 8 atom stereocenters. The molecule has 308 valence electrons. The largest absolute Gasteiger partial charge is 0.472 e. The van der Waals surface area contributed by atoms with Crippen LogP contribution in [0.1, 0.15) is 96.8 Å². The van der Waals surface area contributed by atoms with Gasteiger partial charge in [0.25, 0.3) is 0 Å². The lowest BCUT2D eigenvalue weighted by Gasteiger charge is -2.43. The molecule has 1 fully saturated rings. The summed E-state index contributed by atoms with van der Waals surface area (Å²) in [6.07, 6.45) is 3.91. The lowest BCUT2D eigenvalue weighted by atomic mass is 9.85. The minimum Gasteiger partial charge on any atom is -0.456 e. The van der Waals surface area contributed by atoms with Crippen LogP contribution >= 0.6 is 15.6 Å². The molecule has 1 saturated carbocycles. The number of ether oxygens (including phenoxy) is 2. The predicted molar refractivity (Wildman–Crippen MR) is 200 cm³/mol. The number of carbonyl (C=O) groups excluding carboxylic acids is 2. The fourth-order valence-electron chi connectivity index (χ4n) is 5.14.